The Bertz CT molecular complexity index is 939. The van der Waals surface area contributed by atoms with Gasteiger partial charge in [-0.2, -0.15) is 10.5 Å². The molecule has 0 spiro atoms. The molecule has 0 saturated heterocycles. The van der Waals surface area contributed by atoms with Gasteiger partial charge in [0.05, 0.1) is 40.7 Å². The van der Waals surface area contributed by atoms with Crippen LogP contribution < -0.4 is 10.6 Å². The number of carbonyl (C=O) groups excluding carboxylic acids is 3. The number of esters is 1. The number of allylic oxidation sites excluding steroid dienone is 1. The molecule has 1 aliphatic rings. The summed E-state index contributed by atoms with van der Waals surface area (Å²) >= 11 is 1.02. The number of thioether (sulfide) groups is 1. The minimum atomic E-state index is -0.978. The zero-order valence-electron chi connectivity index (χ0n) is 16.2. The van der Waals surface area contributed by atoms with Gasteiger partial charge in [-0.15, -0.1) is 0 Å². The predicted octanol–water partition coefficient (Wildman–Crippen LogP) is 2.57. The fourth-order valence-corrected chi connectivity index (χ4v) is 3.75. The zero-order valence-corrected chi connectivity index (χ0v) is 17.1. The highest BCUT2D eigenvalue weighted by molar-refractivity contribution is 8.03. The van der Waals surface area contributed by atoms with E-state index in [0.717, 1.165) is 11.8 Å². The van der Waals surface area contributed by atoms with Crippen LogP contribution in [0.15, 0.2) is 34.9 Å². The lowest BCUT2D eigenvalue weighted by Crippen LogP contribution is -2.44. The third-order valence-corrected chi connectivity index (χ3v) is 5.36. The van der Waals surface area contributed by atoms with Crippen molar-refractivity contribution >= 4 is 35.2 Å². The summed E-state index contributed by atoms with van der Waals surface area (Å²) < 4.78 is 4.90. The number of benzene rings is 1. The van der Waals surface area contributed by atoms with Crippen molar-refractivity contribution in [2.75, 3.05) is 17.7 Å². The van der Waals surface area contributed by atoms with Crippen LogP contribution in [0.5, 0.6) is 0 Å². The largest absolute Gasteiger partial charge is 0.462 e. The van der Waals surface area contributed by atoms with Gasteiger partial charge in [0.2, 0.25) is 11.8 Å². The van der Waals surface area contributed by atoms with E-state index in [2.05, 4.69) is 10.6 Å². The summed E-state index contributed by atoms with van der Waals surface area (Å²) in [5, 5.41) is 24.2. The topological polar surface area (TPSA) is 132 Å². The summed E-state index contributed by atoms with van der Waals surface area (Å²) in [5.74, 6) is -2.31. The molecule has 1 heterocycles. The molecule has 1 aromatic carbocycles. The van der Waals surface area contributed by atoms with Crippen molar-refractivity contribution < 1.29 is 19.1 Å². The summed E-state index contributed by atoms with van der Waals surface area (Å²) in [4.78, 5) is 36.0. The smallest absolute Gasteiger partial charge is 0.338 e. The van der Waals surface area contributed by atoms with E-state index in [0.29, 0.717) is 11.3 Å². The standard InChI is InChI=1S/C20H20N4O4S/c1-4-28-19(27)12-5-7-13(8-6-12)23-16(25)11-29-18-15(10-22)20(2,3)14(9-21)17(26)24-18/h5-8,14H,4,11H2,1-3H3,(H,23,25)(H,24,26)/t14-/m0/s1. The van der Waals surface area contributed by atoms with Gasteiger partial charge in [0.15, 0.2) is 0 Å². The Morgan fingerprint density at radius 2 is 1.93 bits per heavy atom. The minimum absolute atomic E-state index is 0.0479. The Morgan fingerprint density at radius 1 is 1.28 bits per heavy atom. The molecule has 0 radical (unpaired) electrons. The first kappa shape index (κ1) is 22.0. The maximum Gasteiger partial charge on any atom is 0.338 e. The number of nitrogens with one attached hydrogen (secondary N) is 2. The van der Waals surface area contributed by atoms with Crippen molar-refractivity contribution in [2.45, 2.75) is 20.8 Å². The van der Waals surface area contributed by atoms with Crippen molar-refractivity contribution in [2.24, 2.45) is 11.3 Å². The first-order valence-electron chi connectivity index (χ1n) is 8.79. The molecule has 0 bridgehead atoms. The molecule has 9 heteroatoms. The van der Waals surface area contributed by atoms with Crippen LogP contribution in [-0.2, 0) is 14.3 Å². The van der Waals surface area contributed by atoms with E-state index in [4.69, 9.17) is 4.74 Å². The van der Waals surface area contributed by atoms with Crippen LogP contribution in [0.25, 0.3) is 0 Å². The molecule has 1 aliphatic heterocycles. The second-order valence-corrected chi connectivity index (χ2v) is 7.71. The van der Waals surface area contributed by atoms with E-state index in [1.54, 1.807) is 45.0 Å². The predicted molar refractivity (Wildman–Crippen MR) is 107 cm³/mol. The number of hydrogen-bond acceptors (Lipinski definition) is 7. The van der Waals surface area contributed by atoms with E-state index in [1.165, 1.54) is 0 Å². The molecule has 0 unspecified atom stereocenters. The summed E-state index contributed by atoms with van der Waals surface area (Å²) in [5.41, 5.74) is 0.186. The van der Waals surface area contributed by atoms with E-state index in [9.17, 15) is 24.9 Å². The fourth-order valence-electron chi connectivity index (χ4n) is 2.77. The van der Waals surface area contributed by atoms with Crippen molar-refractivity contribution in [1.29, 1.82) is 10.5 Å². The lowest BCUT2D eigenvalue weighted by molar-refractivity contribution is -0.125. The Hall–Kier alpha value is -3.30. The van der Waals surface area contributed by atoms with Gasteiger partial charge in [0.1, 0.15) is 5.92 Å². The molecular formula is C20H20N4O4S. The van der Waals surface area contributed by atoms with Crippen LogP contribution in [0.3, 0.4) is 0 Å². The van der Waals surface area contributed by atoms with Crippen molar-refractivity contribution in [3.05, 3.63) is 40.4 Å². The third-order valence-electron chi connectivity index (χ3n) is 4.36. The van der Waals surface area contributed by atoms with Gasteiger partial charge in [0.25, 0.3) is 0 Å². The first-order valence-corrected chi connectivity index (χ1v) is 9.78. The highest BCUT2D eigenvalue weighted by atomic mass is 32.2. The summed E-state index contributed by atoms with van der Waals surface area (Å²) in [7, 11) is 0. The molecule has 0 aliphatic carbocycles. The number of nitriles is 2. The van der Waals surface area contributed by atoms with Gasteiger partial charge in [-0.25, -0.2) is 4.79 Å². The fraction of sp³-hybridized carbons (Fsp3) is 0.350. The quantitative estimate of drug-likeness (QED) is 0.686. The van der Waals surface area contributed by atoms with Gasteiger partial charge in [0, 0.05) is 11.1 Å². The molecule has 0 saturated carbocycles. The van der Waals surface area contributed by atoms with Gasteiger partial charge in [-0.05, 0) is 31.2 Å². The van der Waals surface area contributed by atoms with Gasteiger partial charge >= 0.3 is 5.97 Å². The average Bonchev–Trinajstić information content (AvgIpc) is 2.66. The van der Waals surface area contributed by atoms with Crippen LogP contribution in [0.1, 0.15) is 31.1 Å². The number of nitrogens with zero attached hydrogens (tertiary/aromatic N) is 2. The number of ether oxygens (including phenoxy) is 1. The SMILES string of the molecule is CCOC(=O)c1ccc(NC(=O)CSC2=C(C#N)C(C)(C)[C@@H](C#N)C(=O)N2)cc1. The van der Waals surface area contributed by atoms with Crippen LogP contribution in [0.4, 0.5) is 5.69 Å². The molecule has 2 rings (SSSR count). The normalized spacial score (nSPS) is 17.6. The number of hydrogen-bond donors (Lipinski definition) is 2. The van der Waals surface area contributed by atoms with E-state index in [1.807, 2.05) is 12.1 Å². The summed E-state index contributed by atoms with van der Waals surface area (Å²) in [6.07, 6.45) is 0. The molecular weight excluding hydrogens is 392 g/mol. The van der Waals surface area contributed by atoms with Crippen molar-refractivity contribution in [3.8, 4) is 12.1 Å². The lowest BCUT2D eigenvalue weighted by atomic mass is 9.72. The Kier molecular flexibility index (Phi) is 7.03. The Morgan fingerprint density at radius 3 is 2.48 bits per heavy atom. The van der Waals surface area contributed by atoms with Gasteiger partial charge in [-0.1, -0.05) is 25.6 Å². The van der Waals surface area contributed by atoms with Crippen LogP contribution in [0, 0.1) is 34.0 Å². The van der Waals surface area contributed by atoms with Crippen LogP contribution >= 0.6 is 11.8 Å². The van der Waals surface area contributed by atoms with Crippen LogP contribution in [-0.4, -0.2) is 30.1 Å². The average molecular weight is 412 g/mol. The second kappa shape index (κ2) is 9.26. The van der Waals surface area contributed by atoms with E-state index < -0.39 is 23.2 Å². The summed E-state index contributed by atoms with van der Waals surface area (Å²) in [6, 6.07) is 10.2. The molecule has 0 aromatic heterocycles. The van der Waals surface area contributed by atoms with Gasteiger partial charge in [-0.3, -0.25) is 9.59 Å². The van der Waals surface area contributed by atoms with E-state index in [-0.39, 0.29) is 28.9 Å². The molecule has 0 fully saturated rings. The molecule has 1 atom stereocenters. The number of carbonyl (C=O) groups is 3. The van der Waals surface area contributed by atoms with Crippen molar-refractivity contribution in [1.82, 2.24) is 5.32 Å². The molecule has 1 aromatic rings. The van der Waals surface area contributed by atoms with Gasteiger partial charge < -0.3 is 15.4 Å². The maximum absolute atomic E-state index is 12.2. The minimum Gasteiger partial charge on any atom is -0.462 e. The number of anilines is 1. The molecule has 8 nitrogen and oxygen atoms in total. The molecule has 150 valence electrons. The van der Waals surface area contributed by atoms with Crippen LogP contribution in [0.2, 0.25) is 0 Å². The zero-order chi connectivity index (χ0) is 21.6. The molecule has 29 heavy (non-hydrogen) atoms. The van der Waals surface area contributed by atoms with E-state index >= 15 is 0 Å². The number of amides is 2. The first-order chi connectivity index (χ1) is 13.7. The third kappa shape index (κ3) is 4.95. The molecule has 2 N–H and O–H groups in total. The summed E-state index contributed by atoms with van der Waals surface area (Å²) in [6.45, 7) is 5.30. The number of rotatable bonds is 6. The Labute approximate surface area is 172 Å². The highest BCUT2D eigenvalue weighted by Gasteiger charge is 2.44. The maximum atomic E-state index is 12.2. The lowest BCUT2D eigenvalue weighted by Gasteiger charge is -2.34. The highest BCUT2D eigenvalue weighted by Crippen LogP contribution is 2.41. The van der Waals surface area contributed by atoms with Crippen molar-refractivity contribution in [3.63, 3.8) is 0 Å². The molecule has 2 amide bonds. The monoisotopic (exact) mass is 412 g/mol. The Balaban J connectivity index is 2.04. The second-order valence-electron chi connectivity index (χ2n) is 6.72.